The number of methoxy groups -OCH3 is 1. The second-order valence-electron chi connectivity index (χ2n) is 10.9. The van der Waals surface area contributed by atoms with Gasteiger partial charge in [0.2, 0.25) is 5.88 Å². The molecule has 3 amide bonds. The van der Waals surface area contributed by atoms with Crippen LogP contribution in [-0.2, 0) is 13.5 Å². The maximum Gasteiger partial charge on any atom is 0.315 e. The smallest absolute Gasteiger partial charge is 0.315 e. The molecular weight excluding hydrogens is 582 g/mol. The fourth-order valence-electron chi connectivity index (χ4n) is 5.88. The number of aryl methyl sites for hydroxylation is 2. The van der Waals surface area contributed by atoms with Gasteiger partial charge in [-0.05, 0) is 54.7 Å². The van der Waals surface area contributed by atoms with E-state index >= 15 is 0 Å². The van der Waals surface area contributed by atoms with Crippen LogP contribution in [0.3, 0.4) is 0 Å². The largest absolute Gasteiger partial charge is 0.481 e. The van der Waals surface area contributed by atoms with Crippen molar-refractivity contribution in [2.75, 3.05) is 25.5 Å². The first-order valence-electron chi connectivity index (χ1n) is 14.3. The number of aromatic nitrogens is 3. The second kappa shape index (κ2) is 12.1. The number of hydrogen-bond donors (Lipinski definition) is 4. The molecule has 0 radical (unpaired) electrons. The Kier molecular flexibility index (Phi) is 8.07. The summed E-state index contributed by atoms with van der Waals surface area (Å²) in [6.07, 6.45) is 3.16. The highest BCUT2D eigenvalue weighted by Crippen LogP contribution is 2.43. The fourth-order valence-corrected chi connectivity index (χ4v) is 6.21. The molecule has 11 nitrogen and oxygen atoms in total. The van der Waals surface area contributed by atoms with E-state index < -0.39 is 11.5 Å². The number of rotatable bonds is 8. The van der Waals surface area contributed by atoms with Gasteiger partial charge in [0.15, 0.2) is 0 Å². The van der Waals surface area contributed by atoms with Crippen molar-refractivity contribution in [3.05, 3.63) is 92.4 Å². The minimum absolute atomic E-state index is 0.00344. The summed E-state index contributed by atoms with van der Waals surface area (Å²) in [5, 5.41) is 16.5. The Balaban J connectivity index is 1.29. The summed E-state index contributed by atoms with van der Waals surface area (Å²) in [6.45, 7) is 3.13. The lowest BCUT2D eigenvalue weighted by Gasteiger charge is -2.19. The van der Waals surface area contributed by atoms with Gasteiger partial charge < -0.3 is 26.0 Å². The Morgan fingerprint density at radius 3 is 2.68 bits per heavy atom. The van der Waals surface area contributed by atoms with Gasteiger partial charge in [0, 0.05) is 54.8 Å². The van der Waals surface area contributed by atoms with Gasteiger partial charge >= 0.3 is 6.03 Å². The monoisotopic (exact) mass is 613 g/mol. The second-order valence-corrected chi connectivity index (χ2v) is 11.3. The van der Waals surface area contributed by atoms with Crippen LogP contribution in [0.1, 0.15) is 39.5 Å². The van der Waals surface area contributed by atoms with Gasteiger partial charge in [-0.1, -0.05) is 41.9 Å². The molecule has 4 N–H and O–H groups in total. The van der Waals surface area contributed by atoms with Crippen molar-refractivity contribution in [2.24, 2.45) is 7.05 Å². The van der Waals surface area contributed by atoms with E-state index in [0.29, 0.717) is 35.4 Å². The molecule has 4 aromatic rings. The van der Waals surface area contributed by atoms with Crippen LogP contribution in [0.4, 0.5) is 10.5 Å². The molecule has 0 saturated carbocycles. The summed E-state index contributed by atoms with van der Waals surface area (Å²) in [5.41, 5.74) is 6.15. The predicted octanol–water partition coefficient (Wildman–Crippen LogP) is 3.99. The van der Waals surface area contributed by atoms with Gasteiger partial charge in [-0.3, -0.25) is 9.59 Å². The minimum atomic E-state index is -0.514. The molecule has 1 aliphatic carbocycles. The van der Waals surface area contributed by atoms with Gasteiger partial charge in [0.05, 0.1) is 23.9 Å². The summed E-state index contributed by atoms with van der Waals surface area (Å²) in [6, 6.07) is 14.8. The van der Waals surface area contributed by atoms with Crippen molar-refractivity contribution >= 4 is 29.2 Å². The third-order valence-corrected chi connectivity index (χ3v) is 8.61. The van der Waals surface area contributed by atoms with E-state index in [1.54, 1.807) is 13.2 Å². The van der Waals surface area contributed by atoms with E-state index in [2.05, 4.69) is 32.4 Å². The molecule has 1 aliphatic heterocycles. The number of fused-ring (bicyclic) bond motifs is 1. The first-order chi connectivity index (χ1) is 21.2. The molecule has 226 valence electrons. The van der Waals surface area contributed by atoms with Crippen molar-refractivity contribution in [2.45, 2.75) is 31.8 Å². The summed E-state index contributed by atoms with van der Waals surface area (Å²) < 4.78 is 6.90. The Morgan fingerprint density at radius 1 is 1.14 bits per heavy atom. The molecule has 1 fully saturated rings. The van der Waals surface area contributed by atoms with E-state index in [9.17, 15) is 14.4 Å². The van der Waals surface area contributed by atoms with Crippen molar-refractivity contribution in [1.82, 2.24) is 30.7 Å². The zero-order valence-electron chi connectivity index (χ0n) is 24.5. The normalized spacial score (nSPS) is 17.1. The summed E-state index contributed by atoms with van der Waals surface area (Å²) in [7, 11) is 3.11. The molecule has 2 aromatic carbocycles. The Hall–Kier alpha value is -4.74. The summed E-state index contributed by atoms with van der Waals surface area (Å²) >= 11 is 7.08. The highest BCUT2D eigenvalue weighted by molar-refractivity contribution is 6.36. The Labute approximate surface area is 259 Å². The van der Waals surface area contributed by atoms with Crippen LogP contribution < -0.4 is 31.6 Å². The number of anilines is 1. The number of nitrogens with zero attached hydrogens (tertiary/aromatic N) is 3. The quantitative estimate of drug-likeness (QED) is 0.236. The van der Waals surface area contributed by atoms with Crippen molar-refractivity contribution in [1.29, 1.82) is 0 Å². The zero-order chi connectivity index (χ0) is 31.0. The molecule has 0 bridgehead atoms. The topological polar surface area (TPSA) is 139 Å². The van der Waals surface area contributed by atoms with Gasteiger partial charge in [0.25, 0.3) is 11.5 Å². The van der Waals surface area contributed by atoms with Crippen LogP contribution in [0.15, 0.2) is 59.5 Å². The summed E-state index contributed by atoms with van der Waals surface area (Å²) in [5.74, 6) is 0.0330. The van der Waals surface area contributed by atoms with Gasteiger partial charge in [-0.2, -0.15) is 5.10 Å². The third kappa shape index (κ3) is 5.51. The van der Waals surface area contributed by atoms with E-state index in [4.69, 9.17) is 21.3 Å². The predicted molar refractivity (Wildman–Crippen MR) is 168 cm³/mol. The average Bonchev–Trinajstić information content (AvgIpc) is 3.63. The third-order valence-electron chi connectivity index (χ3n) is 8.21. The molecule has 0 spiro atoms. The number of carbonyl (C=O) groups is 2. The average molecular weight is 614 g/mol. The van der Waals surface area contributed by atoms with Crippen LogP contribution in [0.5, 0.6) is 5.88 Å². The van der Waals surface area contributed by atoms with Crippen molar-refractivity contribution < 1.29 is 14.3 Å². The van der Waals surface area contributed by atoms with E-state index in [0.717, 1.165) is 50.9 Å². The first kappa shape index (κ1) is 29.3. The first-order valence-corrected chi connectivity index (χ1v) is 14.7. The molecule has 0 unspecified atom stereocenters. The lowest BCUT2D eigenvalue weighted by Crippen LogP contribution is -2.38. The molecule has 6 rings (SSSR count). The number of pyridine rings is 1. The minimum Gasteiger partial charge on any atom is -0.481 e. The van der Waals surface area contributed by atoms with Gasteiger partial charge in [-0.15, -0.1) is 0 Å². The number of urea groups is 1. The molecule has 12 heteroatoms. The van der Waals surface area contributed by atoms with E-state index in [-0.39, 0.29) is 23.7 Å². The highest BCUT2D eigenvalue weighted by atomic mass is 35.5. The number of hydrogen-bond acceptors (Lipinski definition) is 7. The molecule has 2 aliphatic rings. The van der Waals surface area contributed by atoms with E-state index in [1.807, 2.05) is 37.3 Å². The van der Waals surface area contributed by atoms with Crippen molar-refractivity contribution in [3.8, 4) is 28.3 Å². The fraction of sp³-hybridized carbons (Fsp3) is 0.281. The van der Waals surface area contributed by atoms with Crippen LogP contribution >= 0.6 is 11.6 Å². The maximum atomic E-state index is 13.0. The van der Waals surface area contributed by atoms with Crippen LogP contribution in [0.25, 0.3) is 22.4 Å². The Bertz CT molecular complexity index is 1840. The maximum absolute atomic E-state index is 13.0. The number of ether oxygens (including phenoxy) is 1. The SMILES string of the molecule is COc1nc(-c2cccc(-c3cccc(NC(=O)c4ccnn(C)c4=O)c3C)c2Cl)cc2c1[C@@H](NC[C@@H]1CNC(=O)N1)CC2. The Morgan fingerprint density at radius 2 is 1.91 bits per heavy atom. The lowest BCUT2D eigenvalue weighted by molar-refractivity contribution is 0.102. The highest BCUT2D eigenvalue weighted by Gasteiger charge is 2.30. The number of nitrogens with one attached hydrogen (secondary N) is 4. The van der Waals surface area contributed by atoms with Crippen LogP contribution in [0, 0.1) is 6.92 Å². The summed E-state index contributed by atoms with van der Waals surface area (Å²) in [4.78, 5) is 41.7. The standard InChI is InChI=1S/C32H32ClN7O4/c1-17-20(6-5-9-24(17)38-29(41)23-12-13-36-40(2)31(23)42)21-7-4-8-22(28(21)33)26-14-18-10-11-25(27(18)30(39-26)44-3)34-15-19-16-35-32(43)37-19/h4-9,12-14,19,25,34H,10-11,15-16H2,1-3H3,(H,38,41)(H2,35,37,43)/t19-,25+/m1/s1. The zero-order valence-corrected chi connectivity index (χ0v) is 25.3. The molecule has 2 aromatic heterocycles. The number of carbonyl (C=O) groups excluding carboxylic acids is 2. The van der Waals surface area contributed by atoms with Gasteiger partial charge in [-0.25, -0.2) is 14.5 Å². The van der Waals surface area contributed by atoms with E-state index in [1.165, 1.54) is 19.3 Å². The van der Waals surface area contributed by atoms with Crippen molar-refractivity contribution in [3.63, 3.8) is 0 Å². The molecule has 1 saturated heterocycles. The van der Waals surface area contributed by atoms with Gasteiger partial charge in [0.1, 0.15) is 5.56 Å². The van der Waals surface area contributed by atoms with Crippen LogP contribution in [0.2, 0.25) is 5.02 Å². The van der Waals surface area contributed by atoms with Crippen LogP contribution in [-0.4, -0.2) is 52.9 Å². The number of benzene rings is 2. The lowest BCUT2D eigenvalue weighted by atomic mass is 9.96. The molecular formula is C32H32ClN7O4. The molecule has 2 atom stereocenters. The number of amides is 3. The number of halogens is 1. The molecule has 3 heterocycles. The molecule has 44 heavy (non-hydrogen) atoms.